The van der Waals surface area contributed by atoms with Crippen LogP contribution in [0.4, 0.5) is 4.79 Å². The van der Waals surface area contributed by atoms with Gasteiger partial charge in [-0.1, -0.05) is 24.3 Å². The van der Waals surface area contributed by atoms with Crippen molar-refractivity contribution in [3.05, 3.63) is 48.1 Å². The van der Waals surface area contributed by atoms with Gasteiger partial charge in [0.2, 0.25) is 6.79 Å². The number of piperidine rings is 1. The van der Waals surface area contributed by atoms with Crippen LogP contribution in [0.15, 0.2) is 42.5 Å². The van der Waals surface area contributed by atoms with E-state index in [0.29, 0.717) is 6.79 Å². The number of primary amides is 1. The molecule has 2 heterocycles. The maximum Gasteiger partial charge on any atom is 0.328 e. The molecule has 1 aromatic rings. The Labute approximate surface area is 159 Å². The molecule has 2 aliphatic rings. The van der Waals surface area contributed by atoms with Gasteiger partial charge in [0.25, 0.3) is 0 Å². The molecule has 0 bridgehead atoms. The Kier molecular flexibility index (Phi) is 8.22. The van der Waals surface area contributed by atoms with Crippen molar-refractivity contribution >= 4 is 12.0 Å². The average molecular weight is 374 g/mol. The lowest BCUT2D eigenvalue weighted by atomic mass is 10.1. The molecule has 7 heteroatoms. The number of allylic oxidation sites excluding steroid dienone is 3. The first-order chi connectivity index (χ1) is 13.1. The van der Waals surface area contributed by atoms with Gasteiger partial charge in [0.15, 0.2) is 11.5 Å². The van der Waals surface area contributed by atoms with Crippen molar-refractivity contribution < 1.29 is 24.2 Å². The summed E-state index contributed by atoms with van der Waals surface area (Å²) in [6.45, 7) is 2.00. The van der Waals surface area contributed by atoms with Crippen LogP contribution in [0.1, 0.15) is 31.2 Å². The number of amides is 2. The van der Waals surface area contributed by atoms with Crippen LogP contribution in [0.25, 0.3) is 0 Å². The van der Waals surface area contributed by atoms with Crippen molar-refractivity contribution in [2.75, 3.05) is 19.9 Å². The summed E-state index contributed by atoms with van der Waals surface area (Å²) in [5.41, 5.74) is 6.23. The highest BCUT2D eigenvalue weighted by Gasteiger charge is 2.13. The second kappa shape index (κ2) is 10.9. The Morgan fingerprint density at radius 2 is 1.85 bits per heavy atom. The highest BCUT2D eigenvalue weighted by Crippen LogP contribution is 2.32. The molecule has 0 atom stereocenters. The minimum Gasteiger partial charge on any atom is -0.478 e. The number of carboxylic acids is 1. The van der Waals surface area contributed by atoms with Gasteiger partial charge in [-0.25, -0.2) is 9.59 Å². The zero-order chi connectivity index (χ0) is 19.5. The van der Waals surface area contributed by atoms with Crippen LogP contribution in [0.5, 0.6) is 11.5 Å². The molecular weight excluding hydrogens is 348 g/mol. The van der Waals surface area contributed by atoms with Crippen LogP contribution in [-0.2, 0) is 11.2 Å². The Bertz CT molecular complexity index is 694. The predicted octanol–water partition coefficient (Wildman–Crippen LogP) is 3.10. The zero-order valence-electron chi connectivity index (χ0n) is 15.3. The number of hydrogen-bond donors (Lipinski definition) is 2. The number of carbonyl (C=O) groups excluding carboxylic acids is 1. The van der Waals surface area contributed by atoms with Crippen molar-refractivity contribution in [3.63, 3.8) is 0 Å². The number of nitrogens with two attached hydrogens (primary N) is 1. The standard InChI is InChI=1S/C14H14O4.C6H12N2O/c15-14(16)6-4-2-1-3-5-11-7-8-12-13(9-11)18-10-17-12;7-6(9)8-4-2-1-3-5-8/h1-2,4,6-9H,3,5,10H2,(H,15,16);1-5H2,(H2,7,9)/b2-1-,6-4+;. The number of benzene rings is 1. The van der Waals surface area contributed by atoms with Gasteiger partial charge in [-0.2, -0.15) is 0 Å². The summed E-state index contributed by atoms with van der Waals surface area (Å²) in [5, 5.41) is 8.39. The third-order valence-electron chi connectivity index (χ3n) is 4.19. The molecule has 0 radical (unpaired) electrons. The lowest BCUT2D eigenvalue weighted by Gasteiger charge is -2.24. The van der Waals surface area contributed by atoms with E-state index >= 15 is 0 Å². The number of nitrogens with zero attached hydrogens (tertiary/aromatic N) is 1. The van der Waals surface area contributed by atoms with E-state index in [0.717, 1.165) is 56.3 Å². The van der Waals surface area contributed by atoms with Gasteiger partial charge in [-0.3, -0.25) is 0 Å². The molecule has 0 unspecified atom stereocenters. The van der Waals surface area contributed by atoms with E-state index in [9.17, 15) is 9.59 Å². The summed E-state index contributed by atoms with van der Waals surface area (Å²) in [4.78, 5) is 22.4. The number of carbonyl (C=O) groups is 2. The largest absolute Gasteiger partial charge is 0.478 e. The maximum absolute atomic E-state index is 10.5. The second-order valence-corrected chi connectivity index (χ2v) is 6.24. The van der Waals surface area contributed by atoms with E-state index in [1.54, 1.807) is 11.0 Å². The minimum absolute atomic E-state index is 0.269. The minimum atomic E-state index is -0.935. The van der Waals surface area contributed by atoms with Crippen molar-refractivity contribution in [2.24, 2.45) is 5.73 Å². The summed E-state index contributed by atoms with van der Waals surface area (Å²) in [7, 11) is 0. The Morgan fingerprint density at radius 3 is 2.52 bits per heavy atom. The van der Waals surface area contributed by atoms with E-state index in [4.69, 9.17) is 20.3 Å². The zero-order valence-corrected chi connectivity index (χ0v) is 15.3. The molecule has 1 aromatic carbocycles. The normalized spacial score (nSPS) is 15.6. The van der Waals surface area contributed by atoms with Crippen LogP contribution in [0.3, 0.4) is 0 Å². The molecular formula is C20H26N2O5. The highest BCUT2D eigenvalue weighted by atomic mass is 16.7. The summed E-state index contributed by atoms with van der Waals surface area (Å²) in [6, 6.07) is 5.62. The number of rotatable bonds is 5. The van der Waals surface area contributed by atoms with E-state index in [1.807, 2.05) is 24.3 Å². The molecule has 7 nitrogen and oxygen atoms in total. The summed E-state index contributed by atoms with van der Waals surface area (Å²) < 4.78 is 10.5. The fourth-order valence-electron chi connectivity index (χ4n) is 2.77. The number of ether oxygens (including phenoxy) is 2. The van der Waals surface area contributed by atoms with Gasteiger partial charge in [-0.05, 0) is 49.8 Å². The van der Waals surface area contributed by atoms with E-state index < -0.39 is 5.97 Å². The lowest BCUT2D eigenvalue weighted by Crippen LogP contribution is -2.39. The van der Waals surface area contributed by atoms with E-state index in [1.165, 1.54) is 18.1 Å². The Hall–Kier alpha value is -2.96. The summed E-state index contributed by atoms with van der Waals surface area (Å²) in [6.07, 6.45) is 11.5. The lowest BCUT2D eigenvalue weighted by molar-refractivity contribution is -0.131. The fraction of sp³-hybridized carbons (Fsp3) is 0.400. The number of aryl methyl sites for hydroxylation is 1. The van der Waals surface area contributed by atoms with Crippen molar-refractivity contribution in [2.45, 2.75) is 32.1 Å². The predicted molar refractivity (Wildman–Crippen MR) is 102 cm³/mol. The van der Waals surface area contributed by atoms with Gasteiger partial charge >= 0.3 is 12.0 Å². The fourth-order valence-corrected chi connectivity index (χ4v) is 2.77. The maximum atomic E-state index is 10.5. The van der Waals surface area contributed by atoms with Crippen molar-refractivity contribution in [3.8, 4) is 11.5 Å². The topological polar surface area (TPSA) is 102 Å². The summed E-state index contributed by atoms with van der Waals surface area (Å²) >= 11 is 0. The molecule has 0 aliphatic carbocycles. The Balaban J connectivity index is 0.000000244. The first-order valence-corrected chi connectivity index (χ1v) is 9.05. The molecule has 27 heavy (non-hydrogen) atoms. The monoisotopic (exact) mass is 374 g/mol. The van der Waals surface area contributed by atoms with Crippen LogP contribution in [0.2, 0.25) is 0 Å². The molecule has 0 saturated carbocycles. The van der Waals surface area contributed by atoms with Crippen LogP contribution in [0, 0.1) is 0 Å². The SMILES string of the molecule is NC(=O)N1CCCCC1.O=C(O)/C=C/C=C\CCc1ccc2c(c1)OCO2. The number of hydrogen-bond acceptors (Lipinski definition) is 4. The number of likely N-dealkylation sites (tertiary alicyclic amines) is 1. The van der Waals surface area contributed by atoms with Crippen LogP contribution in [-0.4, -0.2) is 41.9 Å². The van der Waals surface area contributed by atoms with Crippen molar-refractivity contribution in [1.29, 1.82) is 0 Å². The molecule has 1 saturated heterocycles. The molecule has 2 aliphatic heterocycles. The number of urea groups is 1. The molecule has 3 rings (SSSR count). The van der Waals surface area contributed by atoms with E-state index in [2.05, 4.69) is 0 Å². The van der Waals surface area contributed by atoms with Gasteiger partial charge in [0.05, 0.1) is 0 Å². The smallest absolute Gasteiger partial charge is 0.328 e. The van der Waals surface area contributed by atoms with Crippen molar-refractivity contribution in [1.82, 2.24) is 4.90 Å². The molecule has 2 amide bonds. The first kappa shape index (κ1) is 20.4. The third-order valence-corrected chi connectivity index (χ3v) is 4.19. The Morgan fingerprint density at radius 1 is 1.11 bits per heavy atom. The number of aliphatic carboxylic acids is 1. The van der Waals surface area contributed by atoms with E-state index in [-0.39, 0.29) is 6.03 Å². The van der Waals surface area contributed by atoms with Crippen LogP contribution < -0.4 is 15.2 Å². The molecule has 146 valence electrons. The van der Waals surface area contributed by atoms with Gasteiger partial charge < -0.3 is 25.2 Å². The molecule has 0 aromatic heterocycles. The molecule has 3 N–H and O–H groups in total. The van der Waals surface area contributed by atoms with Gasteiger partial charge in [-0.15, -0.1) is 0 Å². The number of carboxylic acid groups (broad SMARTS) is 1. The summed E-state index contributed by atoms with van der Waals surface area (Å²) in [5.74, 6) is 0.649. The molecule has 1 fully saturated rings. The highest BCUT2D eigenvalue weighted by molar-refractivity contribution is 5.80. The average Bonchev–Trinajstić information content (AvgIpc) is 3.13. The van der Waals surface area contributed by atoms with Gasteiger partial charge in [0.1, 0.15) is 0 Å². The number of fused-ring (bicyclic) bond motifs is 1. The quantitative estimate of drug-likeness (QED) is 0.609. The molecule has 0 spiro atoms. The first-order valence-electron chi connectivity index (χ1n) is 9.05. The third kappa shape index (κ3) is 7.43. The van der Waals surface area contributed by atoms with Crippen LogP contribution >= 0.6 is 0 Å². The van der Waals surface area contributed by atoms with Gasteiger partial charge in [0, 0.05) is 19.2 Å². The second-order valence-electron chi connectivity index (χ2n) is 6.24.